The van der Waals surface area contributed by atoms with Gasteiger partial charge in [0.05, 0.1) is 26.4 Å². The molecule has 2 rings (SSSR count). The molecule has 0 fully saturated rings. The van der Waals surface area contributed by atoms with Gasteiger partial charge in [-0.3, -0.25) is 4.90 Å². The maximum atomic E-state index is 6.03. The fourth-order valence-corrected chi connectivity index (χ4v) is 2.99. The molecular weight excluding hydrogens is 301 g/mol. The smallest absolute Gasteiger partial charge is 0.0897 e. The van der Waals surface area contributed by atoms with Gasteiger partial charge in [-0.05, 0) is 31.7 Å². The molecule has 0 bridgehead atoms. The summed E-state index contributed by atoms with van der Waals surface area (Å²) < 4.78 is 0. The lowest BCUT2D eigenvalue weighted by molar-refractivity contribution is 0.315. The highest BCUT2D eigenvalue weighted by molar-refractivity contribution is 7.09. The van der Waals surface area contributed by atoms with Crippen molar-refractivity contribution in [2.24, 2.45) is 0 Å². The molecule has 0 radical (unpaired) electrons. The van der Waals surface area contributed by atoms with Gasteiger partial charge in [-0.15, -0.1) is 11.3 Å². The van der Waals surface area contributed by atoms with Gasteiger partial charge in [0.1, 0.15) is 0 Å². The number of aryl methyl sites for hydroxylation is 1. The topological polar surface area (TPSA) is 42.2 Å². The highest BCUT2D eigenvalue weighted by atomic mass is 35.5. The van der Waals surface area contributed by atoms with Crippen LogP contribution in [0.4, 0.5) is 5.69 Å². The molecule has 1 aromatic heterocycles. The number of rotatable bonds is 4. The van der Waals surface area contributed by atoms with Crippen molar-refractivity contribution in [3.05, 3.63) is 43.8 Å². The number of nitrogens with zero attached hydrogens (tertiary/aromatic N) is 2. The van der Waals surface area contributed by atoms with Crippen LogP contribution in [-0.4, -0.2) is 16.9 Å². The summed E-state index contributed by atoms with van der Waals surface area (Å²) in [4.78, 5) is 6.61. The predicted molar refractivity (Wildman–Crippen MR) is 82.9 cm³/mol. The van der Waals surface area contributed by atoms with Crippen molar-refractivity contribution in [2.45, 2.75) is 20.0 Å². The molecule has 0 aliphatic heterocycles. The lowest BCUT2D eigenvalue weighted by Gasteiger charge is -2.16. The Kier molecular flexibility index (Phi) is 4.68. The maximum absolute atomic E-state index is 6.03. The van der Waals surface area contributed by atoms with E-state index in [-0.39, 0.29) is 0 Å². The Morgan fingerprint density at radius 3 is 2.42 bits per heavy atom. The number of aromatic nitrogens is 1. The summed E-state index contributed by atoms with van der Waals surface area (Å²) in [6.07, 6.45) is 0. The largest absolute Gasteiger partial charge is 0.396 e. The van der Waals surface area contributed by atoms with E-state index in [0.717, 1.165) is 29.4 Å². The predicted octanol–water partition coefficient (Wildman–Crippen LogP) is 3.97. The van der Waals surface area contributed by atoms with Crippen LogP contribution in [0.25, 0.3) is 0 Å². The van der Waals surface area contributed by atoms with E-state index in [1.807, 2.05) is 26.1 Å². The third-order valence-corrected chi connectivity index (χ3v) is 4.14. The quantitative estimate of drug-likeness (QED) is 0.868. The Balaban J connectivity index is 2.04. The summed E-state index contributed by atoms with van der Waals surface area (Å²) >= 11 is 13.7. The normalized spacial score (nSPS) is 11.2. The molecule has 0 saturated heterocycles. The van der Waals surface area contributed by atoms with E-state index in [0.29, 0.717) is 15.7 Å². The summed E-state index contributed by atoms with van der Waals surface area (Å²) in [6.45, 7) is 3.55. The van der Waals surface area contributed by atoms with Crippen LogP contribution in [0.2, 0.25) is 10.0 Å². The Morgan fingerprint density at radius 2 is 1.89 bits per heavy atom. The minimum absolute atomic E-state index is 0.435. The van der Waals surface area contributed by atoms with Gasteiger partial charge in [0, 0.05) is 18.5 Å². The van der Waals surface area contributed by atoms with Crippen molar-refractivity contribution < 1.29 is 0 Å². The average molecular weight is 316 g/mol. The van der Waals surface area contributed by atoms with Crippen LogP contribution in [0, 0.1) is 6.92 Å². The Hall–Kier alpha value is -0.810. The van der Waals surface area contributed by atoms with Crippen molar-refractivity contribution in [1.29, 1.82) is 0 Å². The fourth-order valence-electron chi connectivity index (χ4n) is 1.85. The van der Waals surface area contributed by atoms with Gasteiger partial charge >= 0.3 is 0 Å². The van der Waals surface area contributed by atoms with E-state index in [4.69, 9.17) is 28.9 Å². The highest BCUT2D eigenvalue weighted by Gasteiger charge is 2.08. The number of hydrogen-bond donors (Lipinski definition) is 1. The number of benzene rings is 1. The zero-order valence-electron chi connectivity index (χ0n) is 10.8. The molecule has 0 saturated carbocycles. The number of halogens is 2. The van der Waals surface area contributed by atoms with Crippen molar-refractivity contribution in [3.8, 4) is 0 Å². The van der Waals surface area contributed by atoms with E-state index in [1.165, 1.54) is 0 Å². The number of anilines is 1. The summed E-state index contributed by atoms with van der Waals surface area (Å²) in [5.41, 5.74) is 8.28. The number of hydrogen-bond acceptors (Lipinski definition) is 4. The first-order chi connectivity index (χ1) is 8.95. The SMILES string of the molecule is Cc1nc(CN(C)Cc2cc(Cl)c(N)c(Cl)c2)cs1. The number of thiazole rings is 1. The first kappa shape index (κ1) is 14.6. The molecule has 0 unspecified atom stereocenters. The molecule has 2 N–H and O–H groups in total. The standard InChI is InChI=1S/C13H15Cl2N3S/c1-8-17-10(7-19-8)6-18(2)5-9-3-11(14)13(16)12(15)4-9/h3-4,7H,5-6,16H2,1-2H3. The summed E-state index contributed by atoms with van der Waals surface area (Å²) in [5, 5.41) is 4.16. The van der Waals surface area contributed by atoms with Crippen molar-refractivity contribution in [1.82, 2.24) is 9.88 Å². The van der Waals surface area contributed by atoms with Crippen LogP contribution in [0.5, 0.6) is 0 Å². The summed E-state index contributed by atoms with van der Waals surface area (Å²) in [6, 6.07) is 3.71. The lowest BCUT2D eigenvalue weighted by Crippen LogP contribution is -2.17. The zero-order chi connectivity index (χ0) is 14.0. The second-order valence-corrected chi connectivity index (χ2v) is 6.38. The maximum Gasteiger partial charge on any atom is 0.0897 e. The van der Waals surface area contributed by atoms with Gasteiger partial charge < -0.3 is 5.73 Å². The molecule has 1 aromatic carbocycles. The van der Waals surface area contributed by atoms with Crippen LogP contribution in [0.3, 0.4) is 0 Å². The Morgan fingerprint density at radius 1 is 1.26 bits per heavy atom. The van der Waals surface area contributed by atoms with Crippen LogP contribution in [0.15, 0.2) is 17.5 Å². The average Bonchev–Trinajstić information content (AvgIpc) is 2.71. The van der Waals surface area contributed by atoms with E-state index >= 15 is 0 Å². The molecule has 2 aromatic rings. The van der Waals surface area contributed by atoms with Crippen molar-refractivity contribution in [3.63, 3.8) is 0 Å². The molecule has 1 heterocycles. The van der Waals surface area contributed by atoms with Crippen LogP contribution in [0.1, 0.15) is 16.3 Å². The Labute approximate surface area is 127 Å². The number of nitrogens with two attached hydrogens (primary N) is 1. The van der Waals surface area contributed by atoms with E-state index in [1.54, 1.807) is 11.3 Å². The molecule has 6 heteroatoms. The molecule has 3 nitrogen and oxygen atoms in total. The molecule has 0 aliphatic carbocycles. The van der Waals surface area contributed by atoms with E-state index in [9.17, 15) is 0 Å². The van der Waals surface area contributed by atoms with Crippen molar-refractivity contribution in [2.75, 3.05) is 12.8 Å². The second kappa shape index (κ2) is 6.09. The van der Waals surface area contributed by atoms with Gasteiger partial charge in [0.25, 0.3) is 0 Å². The minimum atomic E-state index is 0.435. The molecule has 0 amide bonds. The monoisotopic (exact) mass is 315 g/mol. The van der Waals surface area contributed by atoms with Gasteiger partial charge in [-0.2, -0.15) is 0 Å². The zero-order valence-corrected chi connectivity index (χ0v) is 13.1. The third kappa shape index (κ3) is 3.83. The first-order valence-electron chi connectivity index (χ1n) is 5.78. The van der Waals surface area contributed by atoms with Crippen molar-refractivity contribution >= 4 is 40.2 Å². The highest BCUT2D eigenvalue weighted by Crippen LogP contribution is 2.29. The fraction of sp³-hybridized carbons (Fsp3) is 0.308. The van der Waals surface area contributed by atoms with Crippen LogP contribution >= 0.6 is 34.5 Å². The summed E-state index contributed by atoms with van der Waals surface area (Å²) in [7, 11) is 2.03. The molecule has 0 atom stereocenters. The Bertz CT molecular complexity index is 560. The van der Waals surface area contributed by atoms with Gasteiger partial charge in [-0.1, -0.05) is 23.2 Å². The number of nitrogen functional groups attached to an aromatic ring is 1. The molecule has 102 valence electrons. The molecule has 0 spiro atoms. The third-order valence-electron chi connectivity index (χ3n) is 2.69. The van der Waals surface area contributed by atoms with Gasteiger partial charge in [0.15, 0.2) is 0 Å². The molecule has 0 aliphatic rings. The van der Waals surface area contributed by atoms with E-state index in [2.05, 4.69) is 15.3 Å². The second-order valence-electron chi connectivity index (χ2n) is 4.50. The summed E-state index contributed by atoms with van der Waals surface area (Å²) in [5.74, 6) is 0. The molecule has 19 heavy (non-hydrogen) atoms. The van der Waals surface area contributed by atoms with Gasteiger partial charge in [-0.25, -0.2) is 4.98 Å². The minimum Gasteiger partial charge on any atom is -0.396 e. The molecular formula is C13H15Cl2N3S. The lowest BCUT2D eigenvalue weighted by atomic mass is 10.2. The first-order valence-corrected chi connectivity index (χ1v) is 7.42. The van der Waals surface area contributed by atoms with Crippen LogP contribution in [-0.2, 0) is 13.1 Å². The van der Waals surface area contributed by atoms with Gasteiger partial charge in [0.2, 0.25) is 0 Å². The van der Waals surface area contributed by atoms with E-state index < -0.39 is 0 Å². The van der Waals surface area contributed by atoms with Crippen LogP contribution < -0.4 is 5.73 Å².